The molecule has 0 saturated heterocycles. The Hall–Kier alpha value is -2.68. The highest BCUT2D eigenvalue weighted by Gasteiger charge is 2.13. The first kappa shape index (κ1) is 18.7. The number of anilines is 1. The van der Waals surface area contributed by atoms with Crippen LogP contribution in [0, 0.1) is 6.92 Å². The topological polar surface area (TPSA) is 37.8 Å². The Balaban J connectivity index is 2.63. The molecule has 2 rings (SSSR count). The SMILES string of the molecule is C=CCNc1ccc(-c2cnc(C)nc2)cc1/C(C(=C)C)=C(\C)CC. The van der Waals surface area contributed by atoms with Gasteiger partial charge >= 0.3 is 0 Å². The van der Waals surface area contributed by atoms with Crippen LogP contribution >= 0.6 is 0 Å². The van der Waals surface area contributed by atoms with Crippen molar-refractivity contribution in [2.45, 2.75) is 34.1 Å². The molecule has 130 valence electrons. The molecule has 0 radical (unpaired) electrons. The number of hydrogen-bond donors (Lipinski definition) is 1. The number of benzene rings is 1. The van der Waals surface area contributed by atoms with E-state index in [0.717, 1.165) is 40.2 Å². The molecule has 0 unspecified atom stereocenters. The summed E-state index contributed by atoms with van der Waals surface area (Å²) in [6.07, 6.45) is 6.59. The summed E-state index contributed by atoms with van der Waals surface area (Å²) in [7, 11) is 0. The highest BCUT2D eigenvalue weighted by Crippen LogP contribution is 2.35. The van der Waals surface area contributed by atoms with E-state index >= 15 is 0 Å². The van der Waals surface area contributed by atoms with Crippen LogP contribution in [0.3, 0.4) is 0 Å². The van der Waals surface area contributed by atoms with E-state index in [2.05, 4.69) is 67.4 Å². The summed E-state index contributed by atoms with van der Waals surface area (Å²) in [4.78, 5) is 8.64. The molecular weight excluding hydrogens is 306 g/mol. The molecule has 2 aromatic rings. The smallest absolute Gasteiger partial charge is 0.125 e. The summed E-state index contributed by atoms with van der Waals surface area (Å²) < 4.78 is 0. The van der Waals surface area contributed by atoms with Gasteiger partial charge in [0.15, 0.2) is 0 Å². The third-order valence-electron chi connectivity index (χ3n) is 4.22. The van der Waals surface area contributed by atoms with Gasteiger partial charge in [-0.15, -0.1) is 6.58 Å². The Morgan fingerprint density at radius 3 is 2.40 bits per heavy atom. The van der Waals surface area contributed by atoms with Crippen molar-refractivity contribution < 1.29 is 0 Å². The first-order valence-electron chi connectivity index (χ1n) is 8.61. The molecule has 25 heavy (non-hydrogen) atoms. The van der Waals surface area contributed by atoms with Crippen LogP contribution < -0.4 is 5.32 Å². The minimum atomic E-state index is 0.717. The lowest BCUT2D eigenvalue weighted by atomic mass is 9.90. The quantitative estimate of drug-likeness (QED) is 0.513. The van der Waals surface area contributed by atoms with Gasteiger partial charge in [-0.05, 0) is 50.5 Å². The predicted octanol–water partition coefficient (Wildman–Crippen LogP) is 5.81. The van der Waals surface area contributed by atoms with Gasteiger partial charge in [0.1, 0.15) is 5.82 Å². The molecule has 0 fully saturated rings. The summed E-state index contributed by atoms with van der Waals surface area (Å²) in [6.45, 7) is 17.0. The van der Waals surface area contributed by atoms with Crippen LogP contribution in [-0.4, -0.2) is 16.5 Å². The summed E-state index contributed by atoms with van der Waals surface area (Å²) >= 11 is 0. The molecule has 0 bridgehead atoms. The Morgan fingerprint density at radius 2 is 1.84 bits per heavy atom. The van der Waals surface area contributed by atoms with Gasteiger partial charge in [0, 0.05) is 35.8 Å². The summed E-state index contributed by atoms with van der Waals surface area (Å²) in [5.41, 5.74) is 7.96. The molecular formula is C22H27N3. The minimum absolute atomic E-state index is 0.717. The van der Waals surface area contributed by atoms with E-state index in [1.807, 2.05) is 25.4 Å². The molecule has 0 amide bonds. The summed E-state index contributed by atoms with van der Waals surface area (Å²) in [6, 6.07) is 6.41. The second-order valence-electron chi connectivity index (χ2n) is 6.24. The molecule has 1 aromatic heterocycles. The van der Waals surface area contributed by atoms with Crippen LogP contribution in [0.1, 0.15) is 38.6 Å². The maximum absolute atomic E-state index is 4.32. The number of rotatable bonds is 7. The molecule has 1 N–H and O–H groups in total. The van der Waals surface area contributed by atoms with E-state index in [-0.39, 0.29) is 0 Å². The van der Waals surface area contributed by atoms with Crippen LogP contribution in [0.5, 0.6) is 0 Å². The van der Waals surface area contributed by atoms with Gasteiger partial charge in [-0.3, -0.25) is 0 Å². The van der Waals surface area contributed by atoms with Gasteiger partial charge in [-0.2, -0.15) is 0 Å². The van der Waals surface area contributed by atoms with Crippen LogP contribution in [0.15, 0.2) is 61.0 Å². The summed E-state index contributed by atoms with van der Waals surface area (Å²) in [5, 5.41) is 3.44. The van der Waals surface area contributed by atoms with Gasteiger partial charge in [-0.1, -0.05) is 36.8 Å². The molecule has 0 spiro atoms. The Bertz CT molecular complexity index is 799. The highest BCUT2D eigenvalue weighted by molar-refractivity contribution is 5.88. The molecule has 0 aliphatic heterocycles. The number of aromatic nitrogens is 2. The molecule has 1 aromatic carbocycles. The van der Waals surface area contributed by atoms with Crippen molar-refractivity contribution in [3.63, 3.8) is 0 Å². The summed E-state index contributed by atoms with van der Waals surface area (Å²) in [5.74, 6) is 0.776. The standard InChI is InChI=1S/C22H27N3/c1-7-11-23-21-10-9-18(19-13-24-17(6)25-14-19)12-20(21)22(15(3)4)16(5)8-2/h7,9-10,12-14,23H,1,3,8,11H2,2,4-6H3/b22-16+. The van der Waals surface area contributed by atoms with Crippen molar-refractivity contribution in [1.82, 2.24) is 9.97 Å². The first-order chi connectivity index (χ1) is 12.0. The van der Waals surface area contributed by atoms with Gasteiger partial charge in [0.25, 0.3) is 0 Å². The number of allylic oxidation sites excluding steroid dienone is 3. The normalized spacial score (nSPS) is 11.7. The van der Waals surface area contributed by atoms with Crippen molar-refractivity contribution >= 4 is 11.3 Å². The monoisotopic (exact) mass is 333 g/mol. The second-order valence-corrected chi connectivity index (χ2v) is 6.24. The zero-order valence-electron chi connectivity index (χ0n) is 15.7. The first-order valence-corrected chi connectivity index (χ1v) is 8.61. The zero-order valence-corrected chi connectivity index (χ0v) is 15.7. The van der Waals surface area contributed by atoms with Crippen molar-refractivity contribution in [3.8, 4) is 11.1 Å². The van der Waals surface area contributed by atoms with E-state index in [9.17, 15) is 0 Å². The minimum Gasteiger partial charge on any atom is -0.381 e. The highest BCUT2D eigenvalue weighted by atomic mass is 14.9. The zero-order chi connectivity index (χ0) is 18.4. The molecule has 3 heteroatoms. The Labute approximate surface area is 151 Å². The van der Waals surface area contributed by atoms with Gasteiger partial charge < -0.3 is 5.32 Å². The van der Waals surface area contributed by atoms with E-state index < -0.39 is 0 Å². The van der Waals surface area contributed by atoms with E-state index in [1.54, 1.807) is 0 Å². The van der Waals surface area contributed by atoms with E-state index in [1.165, 1.54) is 11.1 Å². The number of hydrogen-bond acceptors (Lipinski definition) is 3. The largest absolute Gasteiger partial charge is 0.381 e. The van der Waals surface area contributed by atoms with Gasteiger partial charge in [-0.25, -0.2) is 9.97 Å². The Morgan fingerprint density at radius 1 is 1.16 bits per heavy atom. The molecule has 0 aliphatic carbocycles. The average molecular weight is 333 g/mol. The van der Waals surface area contributed by atoms with E-state index in [0.29, 0.717) is 6.54 Å². The van der Waals surface area contributed by atoms with E-state index in [4.69, 9.17) is 0 Å². The van der Waals surface area contributed by atoms with Gasteiger partial charge in [0.2, 0.25) is 0 Å². The lowest BCUT2D eigenvalue weighted by Gasteiger charge is -2.18. The Kier molecular flexibility index (Phi) is 6.29. The van der Waals surface area contributed by atoms with Crippen LogP contribution in [0.4, 0.5) is 5.69 Å². The fourth-order valence-electron chi connectivity index (χ4n) is 2.81. The van der Waals surface area contributed by atoms with Gasteiger partial charge in [0.05, 0.1) is 0 Å². The molecule has 3 nitrogen and oxygen atoms in total. The molecule has 1 heterocycles. The second kappa shape index (κ2) is 8.43. The van der Waals surface area contributed by atoms with Crippen LogP contribution in [0.2, 0.25) is 0 Å². The van der Waals surface area contributed by atoms with Crippen LogP contribution in [0.25, 0.3) is 16.7 Å². The van der Waals surface area contributed by atoms with Crippen molar-refractivity contribution in [2.75, 3.05) is 11.9 Å². The van der Waals surface area contributed by atoms with Crippen LogP contribution in [-0.2, 0) is 0 Å². The van der Waals surface area contributed by atoms with Crippen molar-refractivity contribution in [2.24, 2.45) is 0 Å². The lowest BCUT2D eigenvalue weighted by Crippen LogP contribution is -2.03. The third kappa shape index (κ3) is 4.44. The fraction of sp³-hybridized carbons (Fsp3) is 0.273. The molecule has 0 aliphatic rings. The number of nitrogens with zero attached hydrogens (tertiary/aromatic N) is 2. The molecule has 0 saturated carbocycles. The maximum atomic E-state index is 4.32. The van der Waals surface area contributed by atoms with Crippen molar-refractivity contribution in [3.05, 3.63) is 72.4 Å². The predicted molar refractivity (Wildman–Crippen MR) is 109 cm³/mol. The molecule has 0 atom stereocenters. The maximum Gasteiger partial charge on any atom is 0.125 e. The number of nitrogens with one attached hydrogen (secondary N) is 1. The number of aryl methyl sites for hydroxylation is 1. The average Bonchev–Trinajstić information content (AvgIpc) is 2.61. The third-order valence-corrected chi connectivity index (χ3v) is 4.22. The lowest BCUT2D eigenvalue weighted by molar-refractivity contribution is 1.06. The fourth-order valence-corrected chi connectivity index (χ4v) is 2.81. The van der Waals surface area contributed by atoms with Crippen molar-refractivity contribution in [1.29, 1.82) is 0 Å².